The summed E-state index contributed by atoms with van der Waals surface area (Å²) in [6.07, 6.45) is 0.220. The van der Waals surface area contributed by atoms with Crippen LogP contribution < -0.4 is 11.1 Å². The van der Waals surface area contributed by atoms with E-state index in [-0.39, 0.29) is 36.8 Å². The van der Waals surface area contributed by atoms with Crippen molar-refractivity contribution in [1.82, 2.24) is 5.32 Å². The zero-order chi connectivity index (χ0) is 15.2. The van der Waals surface area contributed by atoms with Gasteiger partial charge in [0.05, 0.1) is 11.8 Å². The number of alkyl halides is 3. The molecule has 120 valence electrons. The third kappa shape index (κ3) is 2.91. The van der Waals surface area contributed by atoms with E-state index in [1.165, 1.54) is 0 Å². The Morgan fingerprint density at radius 2 is 1.62 bits per heavy atom. The molecule has 0 aliphatic heterocycles. The first kappa shape index (κ1) is 15.1. The average Bonchev–Trinajstić information content (AvgIpc) is 2.98. The fourth-order valence-corrected chi connectivity index (χ4v) is 4.59. The number of hydrogen-bond donors (Lipinski definition) is 2. The van der Waals surface area contributed by atoms with Crippen LogP contribution in [-0.2, 0) is 4.79 Å². The summed E-state index contributed by atoms with van der Waals surface area (Å²) >= 11 is 0. The van der Waals surface area contributed by atoms with Crippen LogP contribution in [0.3, 0.4) is 0 Å². The maximum Gasteiger partial charge on any atom is 0.391 e. The number of hydrogen-bond acceptors (Lipinski definition) is 2. The maximum atomic E-state index is 12.6. The molecule has 0 spiro atoms. The van der Waals surface area contributed by atoms with Crippen LogP contribution in [0.5, 0.6) is 0 Å². The van der Waals surface area contributed by atoms with E-state index in [9.17, 15) is 18.0 Å². The van der Waals surface area contributed by atoms with Crippen molar-refractivity contribution in [2.75, 3.05) is 0 Å². The Labute approximate surface area is 122 Å². The summed E-state index contributed by atoms with van der Waals surface area (Å²) in [5.41, 5.74) is 6.14. The molecule has 0 saturated heterocycles. The Bertz CT molecular complexity index is 402. The highest BCUT2D eigenvalue weighted by molar-refractivity contribution is 5.80. The largest absolute Gasteiger partial charge is 0.391 e. The van der Waals surface area contributed by atoms with Crippen molar-refractivity contribution in [3.05, 3.63) is 0 Å². The number of fused-ring (bicyclic) bond motifs is 2. The number of nitrogens with one attached hydrogen (secondary N) is 1. The summed E-state index contributed by atoms with van der Waals surface area (Å²) in [7, 11) is 0. The number of amides is 1. The summed E-state index contributed by atoms with van der Waals surface area (Å²) in [5.74, 6) is -0.493. The molecule has 3 aliphatic carbocycles. The number of carbonyl (C=O) groups is 1. The molecule has 3 nitrogen and oxygen atoms in total. The predicted octanol–water partition coefficient (Wildman–Crippen LogP) is 2.60. The van der Waals surface area contributed by atoms with E-state index in [4.69, 9.17) is 5.73 Å². The van der Waals surface area contributed by atoms with E-state index in [1.54, 1.807) is 0 Å². The van der Waals surface area contributed by atoms with Crippen molar-refractivity contribution in [3.63, 3.8) is 0 Å². The minimum absolute atomic E-state index is 0.0230. The summed E-state index contributed by atoms with van der Waals surface area (Å²) in [5, 5.41) is 2.96. The SMILES string of the molecule is NC1C2CCC(C2)C1C(=O)NC1CCC(C(F)(F)F)CC1. The highest BCUT2D eigenvalue weighted by Gasteiger charge is 2.49. The van der Waals surface area contributed by atoms with Crippen molar-refractivity contribution in [2.24, 2.45) is 29.4 Å². The molecule has 6 heteroatoms. The van der Waals surface area contributed by atoms with Gasteiger partial charge in [0.15, 0.2) is 0 Å². The summed E-state index contributed by atoms with van der Waals surface area (Å²) < 4.78 is 37.9. The van der Waals surface area contributed by atoms with Crippen LogP contribution in [0, 0.1) is 23.7 Å². The van der Waals surface area contributed by atoms with E-state index in [0.717, 1.165) is 19.3 Å². The van der Waals surface area contributed by atoms with Crippen LogP contribution in [-0.4, -0.2) is 24.2 Å². The van der Waals surface area contributed by atoms with Gasteiger partial charge in [-0.1, -0.05) is 0 Å². The molecule has 0 aromatic heterocycles. The molecule has 0 aromatic carbocycles. The van der Waals surface area contributed by atoms with Crippen LogP contribution in [0.25, 0.3) is 0 Å². The standard InChI is InChI=1S/C15H23F3N2O/c16-15(17,18)10-3-5-11(6-4-10)20-14(21)12-8-1-2-9(7-8)13(12)19/h8-13H,1-7,19H2,(H,20,21). The second-order valence-electron chi connectivity index (χ2n) is 7.04. The van der Waals surface area contributed by atoms with Crippen LogP contribution in [0.15, 0.2) is 0 Å². The normalized spacial score (nSPS) is 43.0. The van der Waals surface area contributed by atoms with Gasteiger partial charge >= 0.3 is 6.18 Å². The maximum absolute atomic E-state index is 12.6. The quantitative estimate of drug-likeness (QED) is 0.824. The molecule has 0 heterocycles. The van der Waals surface area contributed by atoms with Crippen LogP contribution in [0.4, 0.5) is 13.2 Å². The molecule has 3 aliphatic rings. The number of halogens is 3. The number of rotatable bonds is 2. The lowest BCUT2D eigenvalue weighted by Gasteiger charge is -2.33. The van der Waals surface area contributed by atoms with E-state index in [1.807, 2.05) is 0 Å². The van der Waals surface area contributed by atoms with E-state index >= 15 is 0 Å². The second kappa shape index (κ2) is 5.45. The molecule has 2 bridgehead atoms. The Morgan fingerprint density at radius 3 is 2.14 bits per heavy atom. The first-order valence-electron chi connectivity index (χ1n) is 7.99. The Hall–Kier alpha value is -0.780. The van der Waals surface area contributed by atoms with Crippen molar-refractivity contribution in [2.45, 2.75) is 63.2 Å². The Balaban J connectivity index is 1.51. The van der Waals surface area contributed by atoms with Crippen LogP contribution in [0.2, 0.25) is 0 Å². The summed E-state index contributed by atoms with van der Waals surface area (Å²) in [6.45, 7) is 0. The number of nitrogens with two attached hydrogens (primary N) is 1. The van der Waals surface area contributed by atoms with Gasteiger partial charge < -0.3 is 11.1 Å². The highest BCUT2D eigenvalue weighted by Crippen LogP contribution is 2.47. The molecule has 3 fully saturated rings. The van der Waals surface area contributed by atoms with Crippen molar-refractivity contribution >= 4 is 5.91 Å². The van der Waals surface area contributed by atoms with Gasteiger partial charge in [0.1, 0.15) is 0 Å². The van der Waals surface area contributed by atoms with Crippen molar-refractivity contribution in [3.8, 4) is 0 Å². The fraction of sp³-hybridized carbons (Fsp3) is 0.933. The first-order valence-corrected chi connectivity index (χ1v) is 7.99. The van der Waals surface area contributed by atoms with Gasteiger partial charge in [-0.2, -0.15) is 13.2 Å². The molecule has 4 unspecified atom stereocenters. The molecule has 4 atom stereocenters. The van der Waals surface area contributed by atoms with Gasteiger partial charge in [0.2, 0.25) is 5.91 Å². The molecule has 3 rings (SSSR count). The van der Waals surface area contributed by atoms with Gasteiger partial charge in [-0.25, -0.2) is 0 Å². The van der Waals surface area contributed by atoms with Crippen molar-refractivity contribution in [1.29, 1.82) is 0 Å². The zero-order valence-electron chi connectivity index (χ0n) is 12.0. The zero-order valence-corrected chi connectivity index (χ0v) is 12.0. The third-order valence-corrected chi connectivity index (χ3v) is 5.82. The smallest absolute Gasteiger partial charge is 0.353 e. The van der Waals surface area contributed by atoms with Crippen LogP contribution >= 0.6 is 0 Å². The third-order valence-electron chi connectivity index (χ3n) is 5.82. The van der Waals surface area contributed by atoms with Gasteiger partial charge in [-0.3, -0.25) is 4.79 Å². The highest BCUT2D eigenvalue weighted by atomic mass is 19.4. The van der Waals surface area contributed by atoms with E-state index in [0.29, 0.717) is 24.7 Å². The lowest BCUT2D eigenvalue weighted by molar-refractivity contribution is -0.182. The topological polar surface area (TPSA) is 55.1 Å². The van der Waals surface area contributed by atoms with E-state index in [2.05, 4.69) is 5.32 Å². The average molecular weight is 304 g/mol. The molecule has 3 saturated carbocycles. The van der Waals surface area contributed by atoms with Gasteiger partial charge in [-0.05, 0) is 56.8 Å². The molecular weight excluding hydrogens is 281 g/mol. The lowest BCUT2D eigenvalue weighted by atomic mass is 9.82. The molecule has 0 aromatic rings. The van der Waals surface area contributed by atoms with Crippen molar-refractivity contribution < 1.29 is 18.0 Å². The van der Waals surface area contributed by atoms with Gasteiger partial charge in [0.25, 0.3) is 0 Å². The Morgan fingerprint density at radius 1 is 1.00 bits per heavy atom. The second-order valence-corrected chi connectivity index (χ2v) is 7.04. The Kier molecular flexibility index (Phi) is 3.93. The monoisotopic (exact) mass is 304 g/mol. The first-order chi connectivity index (χ1) is 9.86. The minimum Gasteiger partial charge on any atom is -0.353 e. The lowest BCUT2D eigenvalue weighted by Crippen LogP contribution is -2.49. The molecular formula is C15H23F3N2O. The summed E-state index contributed by atoms with van der Waals surface area (Å²) in [6, 6.07) is -0.169. The molecule has 21 heavy (non-hydrogen) atoms. The fourth-order valence-electron chi connectivity index (χ4n) is 4.59. The molecule has 0 radical (unpaired) electrons. The van der Waals surface area contributed by atoms with Crippen LogP contribution in [0.1, 0.15) is 44.9 Å². The molecule has 3 N–H and O–H groups in total. The minimum atomic E-state index is -4.10. The number of carbonyl (C=O) groups excluding carboxylic acids is 1. The molecule has 1 amide bonds. The van der Waals surface area contributed by atoms with Gasteiger partial charge in [0, 0.05) is 12.1 Å². The summed E-state index contributed by atoms with van der Waals surface area (Å²) in [4.78, 5) is 12.4. The van der Waals surface area contributed by atoms with E-state index < -0.39 is 12.1 Å². The van der Waals surface area contributed by atoms with Gasteiger partial charge in [-0.15, -0.1) is 0 Å². The predicted molar refractivity (Wildman–Crippen MR) is 72.2 cm³/mol.